The molecule has 0 unspecified atom stereocenters. The second-order valence-electron chi connectivity index (χ2n) is 8.60. The van der Waals surface area contributed by atoms with Crippen molar-refractivity contribution in [2.45, 2.75) is 52.6 Å². The third kappa shape index (κ3) is 4.32. The Hall–Kier alpha value is -3.19. The van der Waals surface area contributed by atoms with Crippen LogP contribution in [0.1, 0.15) is 45.2 Å². The van der Waals surface area contributed by atoms with E-state index in [9.17, 15) is 25.2 Å². The Morgan fingerprint density at radius 2 is 1.71 bits per heavy atom. The topological polar surface area (TPSA) is 120 Å². The standard InChI is InChI=1S/C24H28O7/c1-12(2)6-7-13-16(30-5)11-18-20(22(13)27)23(28)19-14(8-9-24(3,4)29)21(26)15(25)10-17(19)31-18/h6,10-11,25-27,29H,7-9H2,1-5H3. The average molecular weight is 428 g/mol. The molecule has 7 nitrogen and oxygen atoms in total. The smallest absolute Gasteiger partial charge is 0.204 e. The molecule has 0 saturated carbocycles. The molecule has 0 saturated heterocycles. The van der Waals surface area contributed by atoms with Crippen LogP contribution in [-0.2, 0) is 12.8 Å². The number of aromatic hydroxyl groups is 3. The molecule has 0 amide bonds. The number of aliphatic hydroxyl groups is 1. The number of hydrogen-bond donors (Lipinski definition) is 4. The molecule has 1 aromatic heterocycles. The third-order valence-electron chi connectivity index (χ3n) is 5.27. The molecular formula is C24H28O7. The van der Waals surface area contributed by atoms with E-state index in [0.29, 0.717) is 17.7 Å². The van der Waals surface area contributed by atoms with Gasteiger partial charge in [0.2, 0.25) is 5.43 Å². The van der Waals surface area contributed by atoms with E-state index in [2.05, 4.69) is 0 Å². The normalized spacial score (nSPS) is 11.8. The maximum absolute atomic E-state index is 13.5. The van der Waals surface area contributed by atoms with Gasteiger partial charge in [-0.05, 0) is 47.0 Å². The van der Waals surface area contributed by atoms with Crippen LogP contribution in [0.3, 0.4) is 0 Å². The summed E-state index contributed by atoms with van der Waals surface area (Å²) in [7, 11) is 1.46. The zero-order chi connectivity index (χ0) is 23.1. The van der Waals surface area contributed by atoms with E-state index < -0.39 is 22.5 Å². The van der Waals surface area contributed by atoms with Gasteiger partial charge in [-0.15, -0.1) is 0 Å². The van der Waals surface area contributed by atoms with Crippen molar-refractivity contribution >= 4 is 21.9 Å². The molecule has 166 valence electrons. The van der Waals surface area contributed by atoms with E-state index in [4.69, 9.17) is 9.15 Å². The molecule has 0 bridgehead atoms. The van der Waals surface area contributed by atoms with Crippen molar-refractivity contribution in [1.82, 2.24) is 0 Å². The van der Waals surface area contributed by atoms with E-state index in [1.807, 2.05) is 19.9 Å². The monoisotopic (exact) mass is 428 g/mol. The van der Waals surface area contributed by atoms with Gasteiger partial charge in [0.25, 0.3) is 0 Å². The number of rotatable bonds is 6. The highest BCUT2D eigenvalue weighted by Gasteiger charge is 2.24. The van der Waals surface area contributed by atoms with E-state index in [-0.39, 0.29) is 46.1 Å². The van der Waals surface area contributed by atoms with Gasteiger partial charge in [0.1, 0.15) is 28.1 Å². The van der Waals surface area contributed by atoms with E-state index >= 15 is 0 Å². The molecule has 0 spiro atoms. The van der Waals surface area contributed by atoms with Crippen LogP contribution in [0.5, 0.6) is 23.0 Å². The lowest BCUT2D eigenvalue weighted by Gasteiger charge is -2.18. The van der Waals surface area contributed by atoms with Crippen LogP contribution in [0.4, 0.5) is 0 Å². The molecule has 2 aromatic carbocycles. The molecular weight excluding hydrogens is 400 g/mol. The number of benzene rings is 2. The third-order valence-corrected chi connectivity index (χ3v) is 5.27. The molecule has 0 fully saturated rings. The summed E-state index contributed by atoms with van der Waals surface area (Å²) in [5.74, 6) is -0.753. The lowest BCUT2D eigenvalue weighted by Crippen LogP contribution is -2.19. The number of hydrogen-bond acceptors (Lipinski definition) is 7. The van der Waals surface area contributed by atoms with Crippen LogP contribution in [0.15, 0.2) is 33.0 Å². The van der Waals surface area contributed by atoms with Crippen molar-refractivity contribution in [3.63, 3.8) is 0 Å². The van der Waals surface area contributed by atoms with Gasteiger partial charge in [-0.1, -0.05) is 11.6 Å². The summed E-state index contributed by atoms with van der Waals surface area (Å²) in [6, 6.07) is 2.70. The number of methoxy groups -OCH3 is 1. The first-order valence-corrected chi connectivity index (χ1v) is 10.0. The second kappa shape index (κ2) is 8.15. The van der Waals surface area contributed by atoms with Crippen LogP contribution >= 0.6 is 0 Å². The van der Waals surface area contributed by atoms with Gasteiger partial charge in [0, 0.05) is 23.3 Å². The minimum Gasteiger partial charge on any atom is -0.507 e. The Balaban J connectivity index is 2.39. The number of allylic oxidation sites excluding steroid dienone is 2. The molecule has 0 atom stereocenters. The summed E-state index contributed by atoms with van der Waals surface area (Å²) in [5, 5.41) is 41.7. The number of phenols is 3. The summed E-state index contributed by atoms with van der Waals surface area (Å²) < 4.78 is 11.2. The molecule has 31 heavy (non-hydrogen) atoms. The van der Waals surface area contributed by atoms with Crippen molar-refractivity contribution in [2.75, 3.05) is 7.11 Å². The number of aryl methyl sites for hydroxylation is 1. The minimum atomic E-state index is -1.05. The highest BCUT2D eigenvalue weighted by atomic mass is 16.5. The van der Waals surface area contributed by atoms with Crippen molar-refractivity contribution < 1.29 is 29.6 Å². The van der Waals surface area contributed by atoms with Crippen LogP contribution < -0.4 is 10.2 Å². The maximum atomic E-state index is 13.5. The number of ether oxygens (including phenoxy) is 1. The SMILES string of the molecule is COc1cc2oc3cc(O)c(O)c(CCC(C)(C)O)c3c(=O)c2c(O)c1CC=C(C)C. The Morgan fingerprint density at radius 3 is 2.29 bits per heavy atom. The molecule has 7 heteroatoms. The highest BCUT2D eigenvalue weighted by molar-refractivity contribution is 5.97. The summed E-state index contributed by atoms with van der Waals surface area (Å²) in [6.45, 7) is 7.08. The lowest BCUT2D eigenvalue weighted by atomic mass is 9.94. The molecule has 0 aliphatic heterocycles. The summed E-state index contributed by atoms with van der Waals surface area (Å²) in [6.07, 6.45) is 2.62. The van der Waals surface area contributed by atoms with Crippen LogP contribution in [0.25, 0.3) is 21.9 Å². The van der Waals surface area contributed by atoms with Gasteiger partial charge in [0.15, 0.2) is 11.5 Å². The van der Waals surface area contributed by atoms with E-state index in [1.54, 1.807) is 13.8 Å². The van der Waals surface area contributed by atoms with Crippen molar-refractivity contribution in [3.8, 4) is 23.0 Å². The van der Waals surface area contributed by atoms with E-state index in [0.717, 1.165) is 5.57 Å². The predicted octanol–water partition coefficient (Wildman–Crippen LogP) is 4.28. The fraction of sp³-hybridized carbons (Fsp3) is 0.375. The summed E-state index contributed by atoms with van der Waals surface area (Å²) in [5.41, 5.74) is 0.243. The zero-order valence-corrected chi connectivity index (χ0v) is 18.4. The minimum absolute atomic E-state index is 0.0277. The van der Waals surface area contributed by atoms with Crippen LogP contribution in [0, 0.1) is 0 Å². The largest absolute Gasteiger partial charge is 0.507 e. The van der Waals surface area contributed by atoms with Gasteiger partial charge >= 0.3 is 0 Å². The van der Waals surface area contributed by atoms with Gasteiger partial charge in [-0.2, -0.15) is 0 Å². The summed E-state index contributed by atoms with van der Waals surface area (Å²) >= 11 is 0. The van der Waals surface area contributed by atoms with Crippen molar-refractivity contribution in [2.24, 2.45) is 0 Å². The van der Waals surface area contributed by atoms with Crippen molar-refractivity contribution in [3.05, 3.63) is 45.1 Å². The fourth-order valence-electron chi connectivity index (χ4n) is 3.58. The molecule has 4 N–H and O–H groups in total. The van der Waals surface area contributed by atoms with Gasteiger partial charge < -0.3 is 29.6 Å². The second-order valence-corrected chi connectivity index (χ2v) is 8.60. The molecule has 3 rings (SSSR count). The zero-order valence-electron chi connectivity index (χ0n) is 18.4. The Morgan fingerprint density at radius 1 is 1.06 bits per heavy atom. The van der Waals surface area contributed by atoms with Gasteiger partial charge in [-0.25, -0.2) is 0 Å². The lowest BCUT2D eigenvalue weighted by molar-refractivity contribution is 0.0713. The van der Waals surface area contributed by atoms with E-state index in [1.165, 1.54) is 19.2 Å². The van der Waals surface area contributed by atoms with Crippen LogP contribution in [0.2, 0.25) is 0 Å². The molecule has 3 aromatic rings. The predicted molar refractivity (Wildman–Crippen MR) is 119 cm³/mol. The number of phenolic OH excluding ortho intramolecular Hbond substituents is 3. The first-order chi connectivity index (χ1) is 14.4. The first kappa shape index (κ1) is 22.5. The molecule has 0 radical (unpaired) electrons. The molecule has 0 aliphatic carbocycles. The first-order valence-electron chi connectivity index (χ1n) is 10.0. The van der Waals surface area contributed by atoms with Gasteiger partial charge in [-0.3, -0.25) is 4.79 Å². The Kier molecular flexibility index (Phi) is 5.91. The Labute approximate surface area is 179 Å². The van der Waals surface area contributed by atoms with Crippen molar-refractivity contribution in [1.29, 1.82) is 0 Å². The fourth-order valence-corrected chi connectivity index (χ4v) is 3.58. The Bertz CT molecular complexity index is 1240. The number of fused-ring (bicyclic) bond motifs is 2. The highest BCUT2D eigenvalue weighted by Crippen LogP contribution is 2.40. The quantitative estimate of drug-likeness (QED) is 0.263. The molecule has 1 heterocycles. The van der Waals surface area contributed by atoms with Crippen LogP contribution in [-0.4, -0.2) is 33.1 Å². The summed E-state index contributed by atoms with van der Waals surface area (Å²) in [4.78, 5) is 13.5. The average Bonchev–Trinajstić information content (AvgIpc) is 2.66. The maximum Gasteiger partial charge on any atom is 0.204 e. The van der Waals surface area contributed by atoms with Gasteiger partial charge in [0.05, 0.1) is 18.1 Å². The molecule has 0 aliphatic rings.